The van der Waals surface area contributed by atoms with Crippen molar-refractivity contribution in [2.45, 2.75) is 17.6 Å². The number of cyclic esters (lactones) is 1. The number of carbonyl (C=O) groups excluding carboxylic acids is 1. The van der Waals surface area contributed by atoms with Crippen LogP contribution in [0.25, 0.3) is 0 Å². The molecule has 1 amide bonds. The number of carbonyl (C=O) groups is 1. The molecule has 2 aromatic rings. The van der Waals surface area contributed by atoms with Crippen molar-refractivity contribution in [1.29, 1.82) is 0 Å². The Hall–Kier alpha value is -2.06. The Morgan fingerprint density at radius 3 is 2.48 bits per heavy atom. The predicted molar refractivity (Wildman–Crippen MR) is 159 cm³/mol. The summed E-state index contributed by atoms with van der Waals surface area (Å²) < 4.78 is 31.7. The first-order valence-electron chi connectivity index (χ1n) is 12.2. The van der Waals surface area contributed by atoms with E-state index >= 15 is 0 Å². The summed E-state index contributed by atoms with van der Waals surface area (Å²) in [7, 11) is -9.23. The first-order valence-corrected chi connectivity index (χ1v) is 17.0. The van der Waals surface area contributed by atoms with Gasteiger partial charge in [-0.3, -0.25) is 4.90 Å². The number of nitrogens with zero attached hydrogens (tertiary/aromatic N) is 2. The Morgan fingerprint density at radius 2 is 1.88 bits per heavy atom. The van der Waals surface area contributed by atoms with Crippen molar-refractivity contribution < 1.29 is 43.2 Å². The third-order valence-electron chi connectivity index (χ3n) is 6.54. The smallest absolute Gasteiger partial charge is 0.368 e. The zero-order valence-corrected chi connectivity index (χ0v) is 24.8. The van der Waals surface area contributed by atoms with E-state index in [1.54, 1.807) is 12.1 Å². The van der Waals surface area contributed by atoms with Crippen LogP contribution in [-0.2, 0) is 15.7 Å². The Balaban J connectivity index is 1.28. The van der Waals surface area contributed by atoms with Crippen LogP contribution in [0.1, 0.15) is 5.56 Å². The van der Waals surface area contributed by atoms with Gasteiger partial charge in [0.2, 0.25) is 0 Å². The van der Waals surface area contributed by atoms with Crippen molar-refractivity contribution in [1.82, 2.24) is 5.32 Å². The zero-order valence-electron chi connectivity index (χ0n) is 21.1. The van der Waals surface area contributed by atoms with E-state index in [1.807, 2.05) is 16.7 Å². The van der Waals surface area contributed by atoms with Crippen LogP contribution in [0.4, 0.5) is 26.2 Å². The molecule has 0 aliphatic carbocycles. The predicted octanol–water partition coefficient (Wildman–Crippen LogP) is 1.82. The number of thioether (sulfide) groups is 1. The van der Waals surface area contributed by atoms with Crippen LogP contribution in [-0.4, -0.2) is 84.8 Å². The van der Waals surface area contributed by atoms with Gasteiger partial charge in [-0.15, -0.1) is 0 Å². The van der Waals surface area contributed by atoms with Crippen LogP contribution < -0.4 is 20.4 Å². The molecule has 2 fully saturated rings. The van der Waals surface area contributed by atoms with Gasteiger partial charge in [-0.05, 0) is 18.2 Å². The Bertz CT molecular complexity index is 1270. The number of thiocarbonyl (C=S) groups is 1. The molecule has 0 saturated carbocycles. The summed E-state index contributed by atoms with van der Waals surface area (Å²) in [5, 5.41) is 13.3. The molecule has 40 heavy (non-hydrogen) atoms. The first-order chi connectivity index (χ1) is 18.9. The van der Waals surface area contributed by atoms with Gasteiger partial charge >= 0.3 is 150 Å². The molecule has 2 aliphatic heterocycles. The van der Waals surface area contributed by atoms with Crippen molar-refractivity contribution >= 4 is 68.2 Å². The summed E-state index contributed by atoms with van der Waals surface area (Å²) in [6, 6.07) is 10.7. The van der Waals surface area contributed by atoms with Crippen LogP contribution in [0.2, 0.25) is 0 Å². The Morgan fingerprint density at radius 1 is 1.20 bits per heavy atom. The monoisotopic (exact) mass is 636 g/mol. The topological polar surface area (TPSA) is 175 Å². The van der Waals surface area contributed by atoms with Crippen LogP contribution in [0, 0.1) is 5.82 Å². The number of halogens is 1. The van der Waals surface area contributed by atoms with Crippen molar-refractivity contribution in [3.05, 3.63) is 53.8 Å². The second-order valence-corrected chi connectivity index (χ2v) is 15.0. The molecule has 4 rings (SSSR count). The normalized spacial score (nSPS) is 20.4. The maximum atomic E-state index is 14.8. The third kappa shape index (κ3) is 7.22. The van der Waals surface area contributed by atoms with E-state index in [-0.39, 0.29) is 23.8 Å². The average molecular weight is 637 g/mol. The third-order valence-corrected chi connectivity index (χ3v) is 11.5. The minimum absolute atomic E-state index is 0.187. The SMILES string of the molecule is O=C1O[C@@H](CNC(=S)Nc2ccc(CC(O)([PH](=O)O)[PH](O)(O)O)cc2)CN1c1ccc(N2CCSCC2)c(F)c1. The molecule has 2 unspecified atom stereocenters. The average Bonchev–Trinajstić information content (AvgIpc) is 3.28. The van der Waals surface area contributed by atoms with Gasteiger partial charge in [-0.25, -0.2) is 9.18 Å². The maximum absolute atomic E-state index is 14.8. The number of amides is 1. The fourth-order valence-electron chi connectivity index (χ4n) is 4.28. The van der Waals surface area contributed by atoms with E-state index in [0.717, 1.165) is 24.6 Å². The summed E-state index contributed by atoms with van der Waals surface area (Å²) in [5.41, 5.74) is 1.70. The Kier molecular flexibility index (Phi) is 9.92. The molecule has 2 aromatic carbocycles. The van der Waals surface area contributed by atoms with E-state index < -0.39 is 45.5 Å². The summed E-state index contributed by atoms with van der Waals surface area (Å²) in [6.45, 7) is 1.93. The van der Waals surface area contributed by atoms with Gasteiger partial charge in [0.15, 0.2) is 0 Å². The molecule has 0 bridgehead atoms. The molecule has 0 aromatic heterocycles. The number of hydrogen-bond donors (Lipinski definition) is 7. The van der Waals surface area contributed by atoms with Gasteiger partial charge in [0.25, 0.3) is 0 Å². The molecule has 7 N–H and O–H groups in total. The molecular formula is C23H31FN4O8P2S2. The van der Waals surface area contributed by atoms with Crippen molar-refractivity contribution in [2.75, 3.05) is 52.8 Å². The summed E-state index contributed by atoms with van der Waals surface area (Å²) in [4.78, 5) is 53.4. The second-order valence-electron chi connectivity index (χ2n) is 9.36. The minimum Gasteiger partial charge on any atom is -0.368 e. The molecule has 2 aliphatic rings. The second kappa shape index (κ2) is 12.8. The number of rotatable bonds is 9. The summed E-state index contributed by atoms with van der Waals surface area (Å²) in [5.74, 6) is 1.49. The zero-order chi connectivity index (χ0) is 29.1. The van der Waals surface area contributed by atoms with Crippen molar-refractivity contribution in [2.24, 2.45) is 0 Å². The number of aliphatic hydroxyl groups is 1. The number of hydrogen-bond acceptors (Lipinski definition) is 10. The van der Waals surface area contributed by atoms with Gasteiger partial charge < -0.3 is 4.90 Å². The van der Waals surface area contributed by atoms with E-state index in [9.17, 15) is 38.4 Å². The first kappa shape index (κ1) is 30.9. The van der Waals surface area contributed by atoms with Gasteiger partial charge in [0, 0.05) is 24.6 Å². The van der Waals surface area contributed by atoms with Gasteiger partial charge in [0.05, 0.1) is 11.4 Å². The molecule has 2 saturated heterocycles. The van der Waals surface area contributed by atoms with Gasteiger partial charge in [-0.2, -0.15) is 11.8 Å². The molecular weight excluding hydrogens is 605 g/mol. The number of nitrogens with one attached hydrogen (secondary N) is 2. The van der Waals surface area contributed by atoms with Crippen molar-refractivity contribution in [3.8, 4) is 0 Å². The molecule has 3 atom stereocenters. The Labute approximate surface area is 240 Å². The van der Waals surface area contributed by atoms with Gasteiger partial charge in [-0.1, -0.05) is 0 Å². The summed E-state index contributed by atoms with van der Waals surface area (Å²) in [6.07, 6.45) is -1.78. The molecule has 2 heterocycles. The standard InChI is InChI=1S/C23H31FN4O8P2S2/c24-19-11-17(5-6-20(19)27-7-9-40-10-8-27)28-14-18(36-22(28)29)13-25-21(39)26-16-3-1-15(2-4-16)12-23(30,37(31)32)38(33,34)35/h1-6,11,18,30,33-35,37-38H,7-10,12-14H2,(H,31,32)(H2,25,26,39)/t18-,23?/m0/s1. The van der Waals surface area contributed by atoms with E-state index in [4.69, 9.17) is 17.0 Å². The molecule has 17 heteroatoms. The molecule has 0 spiro atoms. The molecule has 12 nitrogen and oxygen atoms in total. The fraction of sp³-hybridized carbons (Fsp3) is 0.391. The fourth-order valence-corrected chi connectivity index (χ4v) is 7.33. The van der Waals surface area contributed by atoms with E-state index in [2.05, 4.69) is 10.6 Å². The number of anilines is 3. The van der Waals surface area contributed by atoms with Crippen LogP contribution in [0.15, 0.2) is 42.5 Å². The van der Waals surface area contributed by atoms with Crippen LogP contribution in [0.3, 0.4) is 0 Å². The quantitative estimate of drug-likeness (QED) is 0.157. The number of ether oxygens (including phenoxy) is 1. The van der Waals surface area contributed by atoms with Gasteiger partial charge in [0.1, 0.15) is 5.82 Å². The molecule has 220 valence electrons. The van der Waals surface area contributed by atoms with E-state index in [1.165, 1.54) is 35.2 Å². The van der Waals surface area contributed by atoms with E-state index in [0.29, 0.717) is 17.1 Å². The van der Waals surface area contributed by atoms with Crippen molar-refractivity contribution in [3.63, 3.8) is 0 Å². The van der Waals surface area contributed by atoms with Crippen LogP contribution in [0.5, 0.6) is 0 Å². The summed E-state index contributed by atoms with van der Waals surface area (Å²) >= 11 is 7.12. The number of benzene rings is 2. The van der Waals surface area contributed by atoms with Crippen LogP contribution >= 0.6 is 40.0 Å². The minimum atomic E-state index is -5.33. The molecule has 0 radical (unpaired) electrons.